The third-order valence-electron chi connectivity index (χ3n) is 4.76. The van der Waals surface area contributed by atoms with Gasteiger partial charge in [0.1, 0.15) is 30.2 Å². The molecule has 176 valence electrons. The number of phosphoric ester groups is 1. The Bertz CT molecular complexity index is 1220. The number of phenols is 2. The molecule has 1 amide bonds. The van der Waals surface area contributed by atoms with Crippen molar-refractivity contribution in [3.8, 4) is 11.5 Å². The van der Waals surface area contributed by atoms with Crippen LogP contribution in [-0.2, 0) is 18.5 Å². The zero-order chi connectivity index (χ0) is 23.8. The largest absolute Gasteiger partial charge is 0.504 e. The number of aliphatic hydroxyl groups excluding tert-OH is 2. The first kappa shape index (κ1) is 23.0. The highest BCUT2D eigenvalue weighted by Gasteiger charge is 2.45. The molecule has 1 saturated heterocycles. The van der Waals surface area contributed by atoms with Gasteiger partial charge in [0.15, 0.2) is 23.4 Å². The van der Waals surface area contributed by atoms with E-state index in [1.165, 1.54) is 29.5 Å². The fraction of sp³-hybridized carbons (Fsp3) is 0.294. The molecule has 0 aliphatic carbocycles. The summed E-state index contributed by atoms with van der Waals surface area (Å²) in [5.74, 6) is -2.47. The average molecular weight is 483 g/mol. The van der Waals surface area contributed by atoms with Crippen molar-refractivity contribution >= 4 is 24.9 Å². The highest BCUT2D eigenvalue weighted by atomic mass is 31.2. The van der Waals surface area contributed by atoms with Gasteiger partial charge in [-0.05, 0) is 12.1 Å². The van der Waals surface area contributed by atoms with Gasteiger partial charge in [-0.15, -0.1) is 0 Å². The minimum atomic E-state index is -4.90. The van der Waals surface area contributed by atoms with E-state index in [0.717, 1.165) is 12.1 Å². The molecule has 1 fully saturated rings. The number of imidazole rings is 1. The third-order valence-corrected chi connectivity index (χ3v) is 5.56. The summed E-state index contributed by atoms with van der Waals surface area (Å²) in [4.78, 5) is 33.7. The van der Waals surface area contributed by atoms with Crippen LogP contribution in [0.2, 0.25) is 0 Å². The smallest absolute Gasteiger partial charge is 0.493 e. The van der Waals surface area contributed by atoms with Crippen LogP contribution in [0.1, 0.15) is 16.6 Å². The third kappa shape index (κ3) is 4.65. The Morgan fingerprint density at radius 3 is 2.82 bits per heavy atom. The summed E-state index contributed by atoms with van der Waals surface area (Å²) in [5, 5.41) is 39.7. The fourth-order valence-corrected chi connectivity index (χ4v) is 3.72. The van der Waals surface area contributed by atoms with E-state index in [2.05, 4.69) is 19.6 Å². The first-order valence-electron chi connectivity index (χ1n) is 9.29. The number of aromatic nitrogens is 4. The molecule has 1 aromatic carbocycles. The highest BCUT2D eigenvalue weighted by Crippen LogP contribution is 2.43. The van der Waals surface area contributed by atoms with Crippen LogP contribution in [0.3, 0.4) is 0 Å². The predicted molar refractivity (Wildman–Crippen MR) is 105 cm³/mol. The Balaban J connectivity index is 1.36. The number of ether oxygens (including phenoxy) is 1. The van der Waals surface area contributed by atoms with Crippen LogP contribution in [0.4, 0.5) is 0 Å². The van der Waals surface area contributed by atoms with Crippen LogP contribution < -0.4 is 5.48 Å². The summed E-state index contributed by atoms with van der Waals surface area (Å²) in [7, 11) is -4.90. The molecule has 0 saturated carbocycles. The minimum absolute atomic E-state index is 0.330. The van der Waals surface area contributed by atoms with Crippen LogP contribution >= 0.6 is 7.82 Å². The number of carbonyl (C=O) groups is 1. The maximum Gasteiger partial charge on any atom is 0.493 e. The summed E-state index contributed by atoms with van der Waals surface area (Å²) >= 11 is 0. The number of benzene rings is 1. The van der Waals surface area contributed by atoms with Crippen molar-refractivity contribution in [1.29, 1.82) is 0 Å². The zero-order valence-corrected chi connectivity index (χ0v) is 17.4. The molecule has 16 heteroatoms. The zero-order valence-electron chi connectivity index (χ0n) is 16.5. The molecule has 15 nitrogen and oxygen atoms in total. The number of amides is 1. The summed E-state index contributed by atoms with van der Waals surface area (Å²) in [6, 6.07) is 3.52. The number of hydroxylamine groups is 1. The van der Waals surface area contributed by atoms with Gasteiger partial charge in [0.05, 0.1) is 24.7 Å². The molecule has 0 radical (unpaired) electrons. The molecule has 33 heavy (non-hydrogen) atoms. The van der Waals surface area contributed by atoms with Gasteiger partial charge in [0.2, 0.25) is 0 Å². The standard InChI is InChI=1S/C17H18N5O10P/c23-10-3-1-2-8(12(10)24)16(27)21-32-33(28,29)30-5-11-13(25)14(26)17(31-11)22-7-20-9-4-18-6-19-15(9)22/h1-4,6-7,11,13-14,17,23-26H,5H2,(H,21,27)(H,28,29)/t11-,13-,14-,17-/m1/s1. The number of hydrogen-bond acceptors (Lipinski definition) is 12. The first-order chi connectivity index (χ1) is 15.7. The molecule has 1 aliphatic heterocycles. The normalized spacial score (nSPS) is 24.6. The lowest BCUT2D eigenvalue weighted by Gasteiger charge is -2.17. The van der Waals surface area contributed by atoms with E-state index in [1.807, 2.05) is 0 Å². The second kappa shape index (κ2) is 8.99. The predicted octanol–water partition coefficient (Wildman–Crippen LogP) is -0.665. The van der Waals surface area contributed by atoms with E-state index in [1.54, 1.807) is 5.48 Å². The topological polar surface area (TPSA) is 219 Å². The van der Waals surface area contributed by atoms with Crippen LogP contribution in [0, 0.1) is 0 Å². The molecule has 3 heterocycles. The van der Waals surface area contributed by atoms with Gasteiger partial charge in [-0.1, -0.05) is 6.07 Å². The van der Waals surface area contributed by atoms with Gasteiger partial charge in [-0.25, -0.2) is 25.0 Å². The van der Waals surface area contributed by atoms with E-state index in [-0.39, 0.29) is 0 Å². The molecule has 1 unspecified atom stereocenters. The van der Waals surface area contributed by atoms with Crippen LogP contribution in [0.5, 0.6) is 11.5 Å². The Labute approximate surface area is 184 Å². The van der Waals surface area contributed by atoms with Crippen molar-refractivity contribution in [3.63, 3.8) is 0 Å². The Morgan fingerprint density at radius 1 is 1.24 bits per heavy atom. The summed E-state index contributed by atoms with van der Waals surface area (Å²) in [6.45, 7) is -0.697. The second-order valence-corrected chi connectivity index (χ2v) is 8.27. The van der Waals surface area contributed by atoms with Crippen molar-refractivity contribution in [1.82, 2.24) is 25.0 Å². The number of aliphatic hydroxyl groups is 2. The number of carbonyl (C=O) groups excluding carboxylic acids is 1. The number of phosphoric acid groups is 1. The number of aromatic hydroxyl groups is 2. The minimum Gasteiger partial charge on any atom is -0.504 e. The van der Waals surface area contributed by atoms with Crippen molar-refractivity contribution in [3.05, 3.63) is 42.6 Å². The van der Waals surface area contributed by atoms with Crippen LogP contribution in [0.15, 0.2) is 37.1 Å². The summed E-state index contributed by atoms with van der Waals surface area (Å²) in [6.07, 6.45) is -1.29. The van der Waals surface area contributed by atoms with Crippen LogP contribution in [0.25, 0.3) is 11.2 Å². The van der Waals surface area contributed by atoms with Crippen molar-refractivity contribution in [2.45, 2.75) is 24.5 Å². The van der Waals surface area contributed by atoms with Gasteiger partial charge in [0, 0.05) is 0 Å². The molecular formula is C17H18N5O10P. The molecular weight excluding hydrogens is 465 g/mol. The van der Waals surface area contributed by atoms with Gasteiger partial charge in [-0.2, -0.15) is 4.62 Å². The van der Waals surface area contributed by atoms with E-state index >= 15 is 0 Å². The van der Waals surface area contributed by atoms with E-state index < -0.39 is 61.9 Å². The summed E-state index contributed by atoms with van der Waals surface area (Å²) < 4.78 is 28.1. The molecule has 1 aliphatic rings. The lowest BCUT2D eigenvalue weighted by Crippen LogP contribution is -2.34. The maximum absolute atomic E-state index is 12.1. The van der Waals surface area contributed by atoms with Crippen molar-refractivity contribution in [2.24, 2.45) is 0 Å². The van der Waals surface area contributed by atoms with E-state index in [0.29, 0.717) is 11.2 Å². The number of hydrogen-bond donors (Lipinski definition) is 6. The Kier molecular flexibility index (Phi) is 6.27. The van der Waals surface area contributed by atoms with Crippen molar-refractivity contribution in [2.75, 3.05) is 6.61 Å². The monoisotopic (exact) mass is 483 g/mol. The van der Waals surface area contributed by atoms with Gasteiger partial charge in [-0.3, -0.25) is 13.9 Å². The number of nitrogens with one attached hydrogen (secondary N) is 1. The molecule has 2 aromatic heterocycles. The highest BCUT2D eigenvalue weighted by molar-refractivity contribution is 7.47. The number of nitrogens with zero attached hydrogens (tertiary/aromatic N) is 4. The molecule has 6 N–H and O–H groups in total. The van der Waals surface area contributed by atoms with Gasteiger partial charge >= 0.3 is 7.82 Å². The molecule has 4 rings (SSSR count). The molecule has 3 aromatic rings. The SMILES string of the molecule is O=C(NOP(=O)(O)OC[C@H]1O[C@@H](n2cnc3cncnc32)[C@H](O)[C@@H]1O)c1cccc(O)c1O. The van der Waals surface area contributed by atoms with Gasteiger partial charge in [0.25, 0.3) is 5.91 Å². The number of rotatable bonds is 7. The lowest BCUT2D eigenvalue weighted by atomic mass is 10.1. The number of para-hydroxylation sites is 1. The maximum atomic E-state index is 12.1. The van der Waals surface area contributed by atoms with Crippen molar-refractivity contribution < 1.29 is 48.6 Å². The fourth-order valence-electron chi connectivity index (χ4n) is 3.13. The number of fused-ring (bicyclic) bond motifs is 1. The van der Waals surface area contributed by atoms with E-state index in [9.17, 15) is 34.7 Å². The molecule has 0 bridgehead atoms. The molecule has 5 atom stereocenters. The molecule has 0 spiro atoms. The number of phenolic OH excluding ortho intramolecular Hbond substituents is 2. The Morgan fingerprint density at radius 2 is 2.03 bits per heavy atom. The van der Waals surface area contributed by atoms with E-state index in [4.69, 9.17) is 9.26 Å². The first-order valence-corrected chi connectivity index (χ1v) is 10.8. The quantitative estimate of drug-likeness (QED) is 0.140. The average Bonchev–Trinajstić information content (AvgIpc) is 3.34. The van der Waals surface area contributed by atoms with Gasteiger partial charge < -0.3 is 30.1 Å². The second-order valence-electron chi connectivity index (χ2n) is 6.89. The van der Waals surface area contributed by atoms with Crippen LogP contribution in [-0.4, -0.2) is 75.7 Å². The lowest BCUT2D eigenvalue weighted by molar-refractivity contribution is -0.0525. The summed E-state index contributed by atoms with van der Waals surface area (Å²) in [5.41, 5.74) is 1.95. The Hall–Kier alpha value is -3.17.